The molecule has 0 bridgehead atoms. The molecule has 4 heterocycles. The zero-order valence-electron chi connectivity index (χ0n) is 23.3. The standard InChI is InChI=1S/C30H32F4N2O4S2/c1-3-42(38,39)23-7-4-20(5-8-23)6-9-25(37)26-16-22-14-19(2)40-29(28(22)41-26)10-12-36(13-11-29)18-21-15-24(31)27(35-17-21)30(32,33)34/h4-5,7-8,15-17,19H,3,6,9-14,18H2,1-2H3/t19-/m0/s1. The van der Waals surface area contributed by atoms with Crippen LogP contribution < -0.4 is 0 Å². The molecule has 0 aliphatic carbocycles. The Kier molecular flexibility index (Phi) is 8.63. The van der Waals surface area contributed by atoms with Crippen LogP contribution in [-0.4, -0.2) is 49.0 Å². The number of alkyl halides is 3. The number of aromatic nitrogens is 1. The van der Waals surface area contributed by atoms with Crippen molar-refractivity contribution in [2.45, 2.75) is 75.3 Å². The lowest BCUT2D eigenvalue weighted by atomic mass is 9.84. The summed E-state index contributed by atoms with van der Waals surface area (Å²) >= 11 is 1.47. The SMILES string of the molecule is CCS(=O)(=O)c1ccc(CCC(=O)c2cc3c(s2)C2(CCN(Cc4cnc(C(F)(F)F)c(F)c4)CC2)O[C@@H](C)C3)cc1. The van der Waals surface area contributed by atoms with Crippen LogP contribution in [0.25, 0.3) is 0 Å². The largest absolute Gasteiger partial charge is 0.436 e. The number of rotatable bonds is 8. The van der Waals surface area contributed by atoms with E-state index >= 15 is 0 Å². The van der Waals surface area contributed by atoms with Gasteiger partial charge in [0.15, 0.2) is 27.1 Å². The van der Waals surface area contributed by atoms with Crippen LogP contribution >= 0.6 is 11.3 Å². The van der Waals surface area contributed by atoms with Gasteiger partial charge in [-0.3, -0.25) is 9.69 Å². The lowest BCUT2D eigenvalue weighted by molar-refractivity contribution is -0.143. The average molecular weight is 625 g/mol. The molecule has 0 radical (unpaired) electrons. The van der Waals surface area contributed by atoms with Crippen molar-refractivity contribution in [3.63, 3.8) is 0 Å². The number of Topliss-reactive ketones (excluding diaryl/α,β-unsaturated/α-hetero) is 1. The number of pyridine rings is 1. The molecule has 1 aromatic carbocycles. The summed E-state index contributed by atoms with van der Waals surface area (Å²) in [6.45, 7) is 5.08. The molecule has 226 valence electrons. The number of nitrogens with zero attached hydrogens (tertiary/aromatic N) is 2. The van der Waals surface area contributed by atoms with E-state index < -0.39 is 33.1 Å². The summed E-state index contributed by atoms with van der Waals surface area (Å²) in [7, 11) is -3.27. The molecular formula is C30H32F4N2O4S2. The van der Waals surface area contributed by atoms with Crippen molar-refractivity contribution >= 4 is 27.0 Å². The molecule has 42 heavy (non-hydrogen) atoms. The van der Waals surface area contributed by atoms with Crippen molar-refractivity contribution < 1.29 is 35.5 Å². The number of hydrogen-bond acceptors (Lipinski definition) is 7. The highest BCUT2D eigenvalue weighted by Gasteiger charge is 2.44. The minimum atomic E-state index is -4.83. The first-order valence-corrected chi connectivity index (χ1v) is 16.4. The van der Waals surface area contributed by atoms with Gasteiger partial charge < -0.3 is 4.74 Å². The van der Waals surface area contributed by atoms with E-state index in [-0.39, 0.29) is 29.1 Å². The second-order valence-corrected chi connectivity index (χ2v) is 14.3. The Hall–Kier alpha value is -2.67. The number of hydrogen-bond donors (Lipinski definition) is 0. The third-order valence-corrected chi connectivity index (χ3v) is 11.1. The highest BCUT2D eigenvalue weighted by Crippen LogP contribution is 2.47. The fourth-order valence-corrected chi connectivity index (χ4v) is 7.99. The summed E-state index contributed by atoms with van der Waals surface area (Å²) in [5.41, 5.74) is 0.323. The van der Waals surface area contributed by atoms with Crippen molar-refractivity contribution in [2.75, 3.05) is 18.8 Å². The van der Waals surface area contributed by atoms with Crippen LogP contribution in [0.1, 0.15) is 70.0 Å². The van der Waals surface area contributed by atoms with Gasteiger partial charge >= 0.3 is 6.18 Å². The summed E-state index contributed by atoms with van der Waals surface area (Å²) in [5.74, 6) is -1.32. The van der Waals surface area contributed by atoms with E-state index in [0.29, 0.717) is 55.6 Å². The van der Waals surface area contributed by atoms with Gasteiger partial charge in [-0.05, 0) is 73.6 Å². The average Bonchev–Trinajstić information content (AvgIpc) is 3.38. The van der Waals surface area contributed by atoms with E-state index in [1.54, 1.807) is 31.2 Å². The van der Waals surface area contributed by atoms with Crippen LogP contribution in [0.15, 0.2) is 47.5 Å². The van der Waals surface area contributed by atoms with E-state index in [0.717, 1.165) is 28.3 Å². The number of likely N-dealkylation sites (tertiary alicyclic amines) is 1. The van der Waals surface area contributed by atoms with Crippen molar-refractivity contribution in [3.8, 4) is 0 Å². The number of piperidine rings is 1. The number of sulfone groups is 1. The third kappa shape index (κ3) is 6.46. The summed E-state index contributed by atoms with van der Waals surface area (Å²) < 4.78 is 83.2. The van der Waals surface area contributed by atoms with Crippen molar-refractivity contribution in [2.24, 2.45) is 0 Å². The third-order valence-electron chi connectivity index (χ3n) is 7.97. The molecule has 12 heteroatoms. The Balaban J connectivity index is 1.24. The second kappa shape index (κ2) is 11.8. The fourth-order valence-electron chi connectivity index (χ4n) is 5.75. The molecule has 1 saturated heterocycles. The topological polar surface area (TPSA) is 76.6 Å². The fraction of sp³-hybridized carbons (Fsp3) is 0.467. The summed E-state index contributed by atoms with van der Waals surface area (Å²) in [6.07, 6.45) is -1.01. The molecule has 1 spiro atoms. The maximum Gasteiger partial charge on any atom is 0.436 e. The number of benzene rings is 1. The molecule has 1 atom stereocenters. The number of ketones is 1. The summed E-state index contributed by atoms with van der Waals surface area (Å²) in [5, 5.41) is 0. The highest BCUT2D eigenvalue weighted by molar-refractivity contribution is 7.91. The maximum absolute atomic E-state index is 14.0. The Bertz CT molecular complexity index is 1560. The Morgan fingerprint density at radius 3 is 2.45 bits per heavy atom. The molecule has 0 amide bonds. The van der Waals surface area contributed by atoms with Gasteiger partial charge in [0.25, 0.3) is 0 Å². The van der Waals surface area contributed by atoms with Gasteiger partial charge in [-0.15, -0.1) is 11.3 Å². The molecule has 0 unspecified atom stereocenters. The number of carbonyl (C=O) groups is 1. The predicted molar refractivity (Wildman–Crippen MR) is 151 cm³/mol. The van der Waals surface area contributed by atoms with Crippen LogP contribution in [-0.2, 0) is 45.7 Å². The maximum atomic E-state index is 14.0. The van der Waals surface area contributed by atoms with E-state index in [2.05, 4.69) is 4.98 Å². The number of fused-ring (bicyclic) bond motifs is 2. The van der Waals surface area contributed by atoms with Crippen LogP contribution in [0.3, 0.4) is 0 Å². The molecule has 5 rings (SSSR count). The smallest absolute Gasteiger partial charge is 0.366 e. The first-order chi connectivity index (χ1) is 19.8. The lowest BCUT2D eigenvalue weighted by Gasteiger charge is -2.45. The number of halogens is 4. The van der Waals surface area contributed by atoms with Crippen molar-refractivity contribution in [1.29, 1.82) is 0 Å². The van der Waals surface area contributed by atoms with E-state index in [1.807, 2.05) is 17.9 Å². The summed E-state index contributed by atoms with van der Waals surface area (Å²) in [6, 6.07) is 9.55. The Morgan fingerprint density at radius 2 is 1.83 bits per heavy atom. The molecule has 6 nitrogen and oxygen atoms in total. The molecule has 2 aromatic heterocycles. The minimum absolute atomic E-state index is 0.0247. The van der Waals surface area contributed by atoms with Crippen molar-refractivity contribution in [1.82, 2.24) is 9.88 Å². The first-order valence-electron chi connectivity index (χ1n) is 13.9. The monoisotopic (exact) mass is 624 g/mol. The second-order valence-electron chi connectivity index (χ2n) is 11.0. The Morgan fingerprint density at radius 1 is 1.14 bits per heavy atom. The van der Waals surface area contributed by atoms with Crippen molar-refractivity contribution in [3.05, 3.63) is 80.6 Å². The van der Waals surface area contributed by atoms with Gasteiger partial charge in [-0.1, -0.05) is 19.1 Å². The van der Waals surface area contributed by atoms with Gasteiger partial charge in [0, 0.05) is 37.1 Å². The zero-order valence-corrected chi connectivity index (χ0v) is 25.0. The van der Waals surface area contributed by atoms with Gasteiger partial charge in [0.2, 0.25) is 0 Å². The van der Waals surface area contributed by atoms with Crippen LogP contribution in [0.5, 0.6) is 0 Å². The van der Waals surface area contributed by atoms with Crippen LogP contribution in [0, 0.1) is 5.82 Å². The summed E-state index contributed by atoms with van der Waals surface area (Å²) in [4.78, 5) is 20.6. The van der Waals surface area contributed by atoms with Crippen LogP contribution in [0.4, 0.5) is 17.6 Å². The van der Waals surface area contributed by atoms with Gasteiger partial charge in [0.05, 0.1) is 21.6 Å². The zero-order chi connectivity index (χ0) is 30.3. The molecular weight excluding hydrogens is 592 g/mol. The number of carbonyl (C=O) groups excluding carboxylic acids is 1. The lowest BCUT2D eigenvalue weighted by Crippen LogP contribution is -2.47. The number of thiophene rings is 1. The highest BCUT2D eigenvalue weighted by atomic mass is 32.2. The van der Waals surface area contributed by atoms with E-state index in [9.17, 15) is 30.8 Å². The molecule has 2 aliphatic heterocycles. The number of aryl methyl sites for hydroxylation is 1. The normalized spacial score (nSPS) is 19.1. The van der Waals surface area contributed by atoms with Crippen LogP contribution in [0.2, 0.25) is 0 Å². The van der Waals surface area contributed by atoms with Gasteiger partial charge in [0.1, 0.15) is 5.60 Å². The predicted octanol–water partition coefficient (Wildman–Crippen LogP) is 6.36. The number of ether oxygens (including phenoxy) is 1. The first kappa shape index (κ1) is 30.8. The molecule has 2 aliphatic rings. The molecule has 0 saturated carbocycles. The minimum Gasteiger partial charge on any atom is -0.366 e. The van der Waals surface area contributed by atoms with E-state index in [1.165, 1.54) is 11.3 Å². The van der Waals surface area contributed by atoms with E-state index in [4.69, 9.17) is 4.74 Å². The quantitative estimate of drug-likeness (QED) is 0.214. The molecule has 1 fully saturated rings. The van der Waals surface area contributed by atoms with Gasteiger partial charge in [-0.25, -0.2) is 17.8 Å². The molecule has 0 N–H and O–H groups in total. The Labute approximate surface area is 246 Å². The van der Waals surface area contributed by atoms with Gasteiger partial charge in [-0.2, -0.15) is 13.2 Å². The molecule has 3 aromatic rings.